The lowest BCUT2D eigenvalue weighted by Crippen LogP contribution is -2.23. The molecule has 0 heterocycles. The first-order valence-corrected chi connectivity index (χ1v) is 5.58. The second-order valence-electron chi connectivity index (χ2n) is 3.70. The number of hydrogen-bond donors (Lipinski definition) is 3. The molecule has 0 saturated heterocycles. The lowest BCUT2D eigenvalue weighted by molar-refractivity contribution is 0.318. The predicted molar refractivity (Wildman–Crippen MR) is 70.5 cm³/mol. The number of nitrogens with two attached hydrogens (primary N) is 1. The van der Waals surface area contributed by atoms with Gasteiger partial charge in [-0.2, -0.15) is 0 Å². The molecule has 4 nitrogen and oxygen atoms in total. The molecule has 0 aliphatic heterocycles. The third-order valence-electron chi connectivity index (χ3n) is 2.42. The average Bonchev–Trinajstić information content (AvgIpc) is 2.35. The van der Waals surface area contributed by atoms with Crippen LogP contribution in [0, 0.1) is 0 Å². The number of halogens is 1. The molecule has 0 aliphatic rings. The Morgan fingerprint density at radius 3 is 2.94 bits per heavy atom. The second-order valence-corrected chi connectivity index (χ2v) is 4.10. The van der Waals surface area contributed by atoms with Crippen LogP contribution in [0.2, 0.25) is 5.02 Å². The van der Waals surface area contributed by atoms with Crippen LogP contribution < -0.4 is 11.1 Å². The first-order chi connectivity index (χ1) is 8.08. The average molecular weight is 254 g/mol. The first kappa shape index (κ1) is 13.5. The largest absolute Gasteiger partial charge is 0.409 e. The van der Waals surface area contributed by atoms with Gasteiger partial charge in [-0.25, -0.2) is 0 Å². The highest BCUT2D eigenvalue weighted by atomic mass is 35.5. The van der Waals surface area contributed by atoms with Crippen molar-refractivity contribution in [1.29, 1.82) is 0 Å². The van der Waals surface area contributed by atoms with Crippen LogP contribution in [0.25, 0.3) is 0 Å². The van der Waals surface area contributed by atoms with Crippen LogP contribution in [0.15, 0.2) is 36.0 Å². The lowest BCUT2D eigenvalue weighted by Gasteiger charge is -2.11. The molecule has 1 atom stereocenters. The van der Waals surface area contributed by atoms with Crippen molar-refractivity contribution in [2.24, 2.45) is 10.9 Å². The summed E-state index contributed by atoms with van der Waals surface area (Å²) >= 11 is 6.10. The SMILES string of the molecule is C=CC(C)NCc1ccc(/C(N)=N/O)cc1Cl. The van der Waals surface area contributed by atoms with E-state index >= 15 is 0 Å². The van der Waals surface area contributed by atoms with Crippen LogP contribution in [0.3, 0.4) is 0 Å². The van der Waals surface area contributed by atoms with Gasteiger partial charge in [0.1, 0.15) is 0 Å². The van der Waals surface area contributed by atoms with E-state index in [4.69, 9.17) is 22.5 Å². The highest BCUT2D eigenvalue weighted by Crippen LogP contribution is 2.18. The Labute approximate surface area is 106 Å². The molecule has 0 radical (unpaired) electrons. The Morgan fingerprint density at radius 1 is 1.71 bits per heavy atom. The van der Waals surface area contributed by atoms with Gasteiger partial charge in [-0.3, -0.25) is 0 Å². The maximum absolute atomic E-state index is 8.55. The third kappa shape index (κ3) is 3.76. The molecule has 1 rings (SSSR count). The minimum Gasteiger partial charge on any atom is -0.409 e. The standard InChI is InChI=1S/C12H16ClN3O/c1-3-8(2)15-7-10-5-4-9(6-11(10)13)12(14)16-17/h3-6,8,15,17H,1,7H2,2H3,(H2,14,16). The van der Waals surface area contributed by atoms with E-state index in [0.717, 1.165) is 5.56 Å². The van der Waals surface area contributed by atoms with E-state index in [1.807, 2.05) is 19.1 Å². The fourth-order valence-corrected chi connectivity index (χ4v) is 1.51. The van der Waals surface area contributed by atoms with E-state index in [9.17, 15) is 0 Å². The quantitative estimate of drug-likeness (QED) is 0.247. The molecule has 1 unspecified atom stereocenters. The Bertz CT molecular complexity index is 432. The summed E-state index contributed by atoms with van der Waals surface area (Å²) in [6, 6.07) is 5.50. The summed E-state index contributed by atoms with van der Waals surface area (Å²) in [5.41, 5.74) is 7.02. The number of hydrogen-bond acceptors (Lipinski definition) is 3. The van der Waals surface area contributed by atoms with Crippen molar-refractivity contribution in [3.63, 3.8) is 0 Å². The van der Waals surface area contributed by atoms with E-state index in [0.29, 0.717) is 17.1 Å². The summed E-state index contributed by atoms with van der Waals surface area (Å²) in [5, 5.41) is 15.3. The van der Waals surface area contributed by atoms with Gasteiger partial charge in [-0.1, -0.05) is 35.0 Å². The lowest BCUT2D eigenvalue weighted by atomic mass is 10.1. The van der Waals surface area contributed by atoms with Crippen LogP contribution in [0.4, 0.5) is 0 Å². The molecule has 0 fully saturated rings. The van der Waals surface area contributed by atoms with Gasteiger partial charge < -0.3 is 16.3 Å². The molecular formula is C12H16ClN3O. The van der Waals surface area contributed by atoms with E-state index in [-0.39, 0.29) is 11.9 Å². The van der Waals surface area contributed by atoms with Crippen molar-refractivity contribution in [2.45, 2.75) is 19.5 Å². The maximum atomic E-state index is 8.55. The smallest absolute Gasteiger partial charge is 0.170 e. The molecule has 0 saturated carbocycles. The Kier molecular flexibility index (Phi) is 5.00. The monoisotopic (exact) mass is 253 g/mol. The summed E-state index contributed by atoms with van der Waals surface area (Å²) in [5.74, 6) is 0.0471. The number of amidine groups is 1. The Morgan fingerprint density at radius 2 is 2.41 bits per heavy atom. The van der Waals surface area contributed by atoms with Gasteiger partial charge in [-0.05, 0) is 18.6 Å². The van der Waals surface area contributed by atoms with Gasteiger partial charge in [0, 0.05) is 23.2 Å². The fourth-order valence-electron chi connectivity index (χ4n) is 1.26. The molecule has 5 heteroatoms. The van der Waals surface area contributed by atoms with Crippen molar-refractivity contribution in [1.82, 2.24) is 5.32 Å². The molecule has 0 spiro atoms. The number of oxime groups is 1. The summed E-state index contributed by atoms with van der Waals surface area (Å²) < 4.78 is 0. The van der Waals surface area contributed by atoms with Crippen LogP contribution in [0.1, 0.15) is 18.1 Å². The highest BCUT2D eigenvalue weighted by Gasteiger charge is 2.05. The molecule has 0 amide bonds. The molecule has 4 N–H and O–H groups in total. The van der Waals surface area contributed by atoms with Gasteiger partial charge in [-0.15, -0.1) is 6.58 Å². The van der Waals surface area contributed by atoms with Crippen LogP contribution >= 0.6 is 11.6 Å². The van der Waals surface area contributed by atoms with E-state index < -0.39 is 0 Å². The van der Waals surface area contributed by atoms with Crippen LogP contribution in [-0.2, 0) is 6.54 Å². The van der Waals surface area contributed by atoms with Gasteiger partial charge in [0.25, 0.3) is 0 Å². The van der Waals surface area contributed by atoms with Gasteiger partial charge >= 0.3 is 0 Å². The van der Waals surface area contributed by atoms with E-state index in [1.54, 1.807) is 12.1 Å². The summed E-state index contributed by atoms with van der Waals surface area (Å²) in [4.78, 5) is 0. The number of nitrogens with zero attached hydrogens (tertiary/aromatic N) is 1. The van der Waals surface area contributed by atoms with Crippen molar-refractivity contribution in [3.05, 3.63) is 47.0 Å². The molecule has 0 aromatic heterocycles. The second kappa shape index (κ2) is 6.27. The number of nitrogens with one attached hydrogen (secondary N) is 1. The zero-order chi connectivity index (χ0) is 12.8. The minimum absolute atomic E-state index is 0.0471. The summed E-state index contributed by atoms with van der Waals surface area (Å²) in [6.07, 6.45) is 1.82. The number of rotatable bonds is 5. The van der Waals surface area contributed by atoms with Gasteiger partial charge in [0.05, 0.1) is 0 Å². The molecule has 0 aliphatic carbocycles. The van der Waals surface area contributed by atoms with E-state index in [1.165, 1.54) is 0 Å². The molecule has 92 valence electrons. The number of benzene rings is 1. The van der Waals surface area contributed by atoms with Crippen molar-refractivity contribution in [2.75, 3.05) is 0 Å². The minimum atomic E-state index is 0.0471. The molecule has 1 aromatic carbocycles. The first-order valence-electron chi connectivity index (χ1n) is 5.20. The van der Waals surface area contributed by atoms with Gasteiger partial charge in [0.2, 0.25) is 0 Å². The van der Waals surface area contributed by atoms with Gasteiger partial charge in [0.15, 0.2) is 5.84 Å². The van der Waals surface area contributed by atoms with Crippen molar-refractivity contribution >= 4 is 17.4 Å². The van der Waals surface area contributed by atoms with E-state index in [2.05, 4.69) is 17.1 Å². The summed E-state index contributed by atoms with van der Waals surface area (Å²) in [6.45, 7) is 6.34. The normalized spacial score (nSPS) is 13.4. The van der Waals surface area contributed by atoms with Crippen molar-refractivity contribution < 1.29 is 5.21 Å². The topological polar surface area (TPSA) is 70.6 Å². The predicted octanol–water partition coefficient (Wildman–Crippen LogP) is 2.10. The zero-order valence-electron chi connectivity index (χ0n) is 9.65. The van der Waals surface area contributed by atoms with Crippen LogP contribution in [0.5, 0.6) is 0 Å². The molecule has 0 bridgehead atoms. The fraction of sp³-hybridized carbons (Fsp3) is 0.250. The molecule has 1 aromatic rings. The molecule has 17 heavy (non-hydrogen) atoms. The maximum Gasteiger partial charge on any atom is 0.170 e. The summed E-state index contributed by atoms with van der Waals surface area (Å²) in [7, 11) is 0. The zero-order valence-corrected chi connectivity index (χ0v) is 10.4. The molecular weight excluding hydrogens is 238 g/mol. The van der Waals surface area contributed by atoms with Crippen LogP contribution in [-0.4, -0.2) is 17.1 Å². The Hall–Kier alpha value is -1.52. The Balaban J connectivity index is 2.80. The third-order valence-corrected chi connectivity index (χ3v) is 2.78. The highest BCUT2D eigenvalue weighted by molar-refractivity contribution is 6.31. The van der Waals surface area contributed by atoms with Crippen molar-refractivity contribution in [3.8, 4) is 0 Å².